The van der Waals surface area contributed by atoms with E-state index in [4.69, 9.17) is 9.84 Å². The van der Waals surface area contributed by atoms with Crippen molar-refractivity contribution in [2.75, 3.05) is 13.2 Å². The predicted molar refractivity (Wildman–Crippen MR) is 61.6 cm³/mol. The van der Waals surface area contributed by atoms with E-state index in [-0.39, 0.29) is 5.82 Å². The van der Waals surface area contributed by atoms with Crippen LogP contribution in [0.4, 0.5) is 4.39 Å². The fourth-order valence-corrected chi connectivity index (χ4v) is 1.20. The molecule has 1 atom stereocenters. The molecular weight excluding hydrogens is 225 g/mol. The lowest BCUT2D eigenvalue weighted by atomic mass is 10.3. The van der Waals surface area contributed by atoms with E-state index < -0.39 is 12.0 Å². The van der Waals surface area contributed by atoms with E-state index in [0.717, 1.165) is 0 Å². The van der Waals surface area contributed by atoms with E-state index in [1.165, 1.54) is 12.1 Å². The molecule has 1 aromatic rings. The zero-order chi connectivity index (χ0) is 12.7. The van der Waals surface area contributed by atoms with Crippen LogP contribution in [-0.4, -0.2) is 30.3 Å². The van der Waals surface area contributed by atoms with Crippen molar-refractivity contribution in [3.8, 4) is 5.75 Å². The summed E-state index contributed by atoms with van der Waals surface area (Å²) in [6, 6.07) is 5.23. The van der Waals surface area contributed by atoms with Gasteiger partial charge in [-0.15, -0.1) is 0 Å². The van der Waals surface area contributed by atoms with Crippen LogP contribution in [-0.2, 0) is 4.79 Å². The number of carboxylic acids is 1. The van der Waals surface area contributed by atoms with Gasteiger partial charge in [0, 0.05) is 0 Å². The highest BCUT2D eigenvalue weighted by molar-refractivity contribution is 5.72. The first-order valence-corrected chi connectivity index (χ1v) is 5.44. The molecular formula is C12H16FNO3. The van der Waals surface area contributed by atoms with Crippen molar-refractivity contribution >= 4 is 5.97 Å². The maximum atomic E-state index is 12.6. The topological polar surface area (TPSA) is 58.6 Å². The molecule has 5 heteroatoms. The second-order valence-corrected chi connectivity index (χ2v) is 3.67. The van der Waals surface area contributed by atoms with E-state index in [0.29, 0.717) is 25.3 Å². The molecule has 2 N–H and O–H groups in total. The first-order chi connectivity index (χ1) is 8.09. The van der Waals surface area contributed by atoms with Gasteiger partial charge in [0.05, 0.1) is 6.61 Å². The van der Waals surface area contributed by atoms with Gasteiger partial charge in [-0.25, -0.2) is 4.39 Å². The minimum atomic E-state index is -0.871. The summed E-state index contributed by atoms with van der Waals surface area (Å²) in [4.78, 5) is 10.5. The summed E-state index contributed by atoms with van der Waals surface area (Å²) in [5.74, 6) is -0.559. The minimum absolute atomic E-state index is 0.297. The van der Waals surface area contributed by atoms with Gasteiger partial charge in [0.1, 0.15) is 17.6 Å². The normalized spacial score (nSPS) is 12.1. The summed E-state index contributed by atoms with van der Waals surface area (Å²) in [5, 5.41) is 11.5. The van der Waals surface area contributed by atoms with Gasteiger partial charge in [-0.1, -0.05) is 0 Å². The predicted octanol–water partition coefficient (Wildman–Crippen LogP) is 1.66. The lowest BCUT2D eigenvalue weighted by Crippen LogP contribution is -2.34. The lowest BCUT2D eigenvalue weighted by Gasteiger charge is -2.09. The number of hydrogen-bond acceptors (Lipinski definition) is 3. The Balaban J connectivity index is 2.12. The summed E-state index contributed by atoms with van der Waals surface area (Å²) in [6.07, 6.45) is 0.689. The summed E-state index contributed by atoms with van der Waals surface area (Å²) >= 11 is 0. The molecule has 0 heterocycles. The van der Waals surface area contributed by atoms with E-state index in [9.17, 15) is 9.18 Å². The first kappa shape index (κ1) is 13.4. The largest absolute Gasteiger partial charge is 0.494 e. The van der Waals surface area contributed by atoms with Gasteiger partial charge in [0.15, 0.2) is 0 Å². The number of rotatable bonds is 7. The van der Waals surface area contributed by atoms with Gasteiger partial charge >= 0.3 is 5.97 Å². The van der Waals surface area contributed by atoms with Crippen molar-refractivity contribution in [2.45, 2.75) is 19.4 Å². The van der Waals surface area contributed by atoms with E-state index in [1.54, 1.807) is 19.1 Å². The van der Waals surface area contributed by atoms with Gasteiger partial charge in [-0.2, -0.15) is 0 Å². The van der Waals surface area contributed by atoms with Crippen LogP contribution < -0.4 is 10.1 Å². The average Bonchev–Trinajstić information content (AvgIpc) is 2.30. The third kappa shape index (κ3) is 5.31. The summed E-state index contributed by atoms with van der Waals surface area (Å²) in [7, 11) is 0. The molecule has 4 nitrogen and oxygen atoms in total. The molecule has 0 spiro atoms. The molecule has 0 unspecified atom stereocenters. The number of carboxylic acid groups (broad SMARTS) is 1. The molecule has 0 aliphatic carbocycles. The molecule has 17 heavy (non-hydrogen) atoms. The molecule has 0 aliphatic rings. The third-order valence-electron chi connectivity index (χ3n) is 2.22. The Morgan fingerprint density at radius 2 is 2.12 bits per heavy atom. The number of carbonyl (C=O) groups is 1. The fraction of sp³-hybridized carbons (Fsp3) is 0.417. The molecule has 0 fully saturated rings. The molecule has 0 saturated heterocycles. The van der Waals surface area contributed by atoms with E-state index in [2.05, 4.69) is 5.32 Å². The van der Waals surface area contributed by atoms with Gasteiger partial charge < -0.3 is 15.2 Å². The van der Waals surface area contributed by atoms with E-state index >= 15 is 0 Å². The zero-order valence-electron chi connectivity index (χ0n) is 9.65. The second-order valence-electron chi connectivity index (χ2n) is 3.67. The van der Waals surface area contributed by atoms with Gasteiger partial charge in [-0.05, 0) is 44.2 Å². The van der Waals surface area contributed by atoms with E-state index in [1.807, 2.05) is 0 Å². The number of benzene rings is 1. The molecule has 0 bridgehead atoms. The van der Waals surface area contributed by atoms with Crippen molar-refractivity contribution in [2.24, 2.45) is 0 Å². The Hall–Kier alpha value is -1.62. The minimum Gasteiger partial charge on any atom is -0.494 e. The Kier molecular flexibility index (Phi) is 5.42. The Morgan fingerprint density at radius 1 is 1.47 bits per heavy atom. The molecule has 0 radical (unpaired) electrons. The smallest absolute Gasteiger partial charge is 0.320 e. The molecule has 0 saturated carbocycles. The van der Waals surface area contributed by atoms with Crippen molar-refractivity contribution in [3.05, 3.63) is 30.1 Å². The lowest BCUT2D eigenvalue weighted by molar-refractivity contribution is -0.139. The van der Waals surface area contributed by atoms with Crippen molar-refractivity contribution in [1.82, 2.24) is 5.32 Å². The fourth-order valence-electron chi connectivity index (χ4n) is 1.20. The van der Waals surface area contributed by atoms with Gasteiger partial charge in [-0.3, -0.25) is 4.79 Å². The van der Waals surface area contributed by atoms with Crippen LogP contribution in [0.3, 0.4) is 0 Å². The Labute approximate surface area is 99.4 Å². The summed E-state index contributed by atoms with van der Waals surface area (Å²) < 4.78 is 17.9. The highest BCUT2D eigenvalue weighted by Gasteiger charge is 2.08. The van der Waals surface area contributed by atoms with Crippen LogP contribution in [0.5, 0.6) is 5.75 Å². The zero-order valence-corrected chi connectivity index (χ0v) is 9.65. The molecule has 0 amide bonds. The molecule has 0 aromatic heterocycles. The van der Waals surface area contributed by atoms with Gasteiger partial charge in [0.2, 0.25) is 0 Å². The number of hydrogen-bond donors (Lipinski definition) is 2. The van der Waals surface area contributed by atoms with Gasteiger partial charge in [0.25, 0.3) is 0 Å². The second kappa shape index (κ2) is 6.85. The van der Waals surface area contributed by atoms with Crippen LogP contribution >= 0.6 is 0 Å². The maximum absolute atomic E-state index is 12.6. The number of nitrogens with one attached hydrogen (secondary N) is 1. The third-order valence-corrected chi connectivity index (χ3v) is 2.22. The molecule has 94 valence electrons. The highest BCUT2D eigenvalue weighted by atomic mass is 19.1. The van der Waals surface area contributed by atoms with Crippen LogP contribution in [0.1, 0.15) is 13.3 Å². The molecule has 1 rings (SSSR count). The quantitative estimate of drug-likeness (QED) is 0.713. The first-order valence-electron chi connectivity index (χ1n) is 5.44. The van der Waals surface area contributed by atoms with Crippen molar-refractivity contribution < 1.29 is 19.0 Å². The van der Waals surface area contributed by atoms with Crippen LogP contribution in [0.15, 0.2) is 24.3 Å². The molecule has 0 aliphatic heterocycles. The monoisotopic (exact) mass is 241 g/mol. The standard InChI is InChI=1S/C12H16FNO3/c1-9(12(15)16)14-7-2-8-17-11-5-3-10(13)4-6-11/h3-6,9,14H,2,7-8H2,1H3,(H,15,16)/t9-/m0/s1. The average molecular weight is 241 g/mol. The van der Waals surface area contributed by atoms with Crippen LogP contribution in [0.2, 0.25) is 0 Å². The van der Waals surface area contributed by atoms with Crippen LogP contribution in [0.25, 0.3) is 0 Å². The number of halogens is 1. The number of ether oxygens (including phenoxy) is 1. The molecule has 1 aromatic carbocycles. The highest BCUT2D eigenvalue weighted by Crippen LogP contribution is 2.10. The summed E-state index contributed by atoms with van der Waals surface area (Å²) in [6.45, 7) is 2.61. The maximum Gasteiger partial charge on any atom is 0.320 e. The Morgan fingerprint density at radius 3 is 2.71 bits per heavy atom. The van der Waals surface area contributed by atoms with Crippen LogP contribution in [0, 0.1) is 5.82 Å². The SMILES string of the molecule is C[C@H](NCCCOc1ccc(F)cc1)C(=O)O. The van der Waals surface area contributed by atoms with Crippen molar-refractivity contribution in [3.63, 3.8) is 0 Å². The summed E-state index contributed by atoms with van der Waals surface area (Å²) in [5.41, 5.74) is 0. The Bertz CT molecular complexity index is 353. The van der Waals surface area contributed by atoms with Crippen molar-refractivity contribution in [1.29, 1.82) is 0 Å². The number of aliphatic carboxylic acids is 1.